The molecule has 4 nitrogen and oxygen atoms in total. The number of carboxylic acid groups (broad SMARTS) is 1. The van der Waals surface area contributed by atoms with Crippen molar-refractivity contribution in [1.29, 1.82) is 0 Å². The predicted octanol–water partition coefficient (Wildman–Crippen LogP) is 2.16. The molecule has 0 radical (unpaired) electrons. The summed E-state index contributed by atoms with van der Waals surface area (Å²) in [5.41, 5.74) is 0.872. The molecular weight excluding hydrogens is 218 g/mol. The smallest absolute Gasteiger partial charge is 0.330 e. The molecule has 2 N–H and O–H groups in total. The zero-order chi connectivity index (χ0) is 12.5. The number of unbranched alkanes of at least 4 members (excludes halogenated alkanes) is 2. The molecule has 0 saturated carbocycles. The molecule has 0 spiro atoms. The summed E-state index contributed by atoms with van der Waals surface area (Å²) >= 11 is 0. The number of hydrogen-bond acceptors (Lipinski definition) is 3. The summed E-state index contributed by atoms with van der Waals surface area (Å²) in [5, 5.41) is 12.1. The van der Waals surface area contributed by atoms with Gasteiger partial charge in [0.15, 0.2) is 0 Å². The van der Waals surface area contributed by atoms with E-state index in [1.165, 1.54) is 18.9 Å². The average molecular weight is 241 g/mol. The number of carboxylic acids is 1. The van der Waals surface area contributed by atoms with Crippen LogP contribution in [0, 0.1) is 5.92 Å². The lowest BCUT2D eigenvalue weighted by molar-refractivity contribution is -0.131. The second kappa shape index (κ2) is 8.12. The Morgan fingerprint density at radius 2 is 2.12 bits per heavy atom. The quantitative estimate of drug-likeness (QED) is 0.530. The Kier molecular flexibility index (Phi) is 6.70. The van der Waals surface area contributed by atoms with E-state index in [2.05, 4.69) is 12.2 Å². The van der Waals surface area contributed by atoms with Crippen LogP contribution in [-0.2, 0) is 9.53 Å². The highest BCUT2D eigenvalue weighted by Crippen LogP contribution is 2.21. The highest BCUT2D eigenvalue weighted by Gasteiger charge is 2.18. The molecule has 0 atom stereocenters. The first kappa shape index (κ1) is 14.0. The Balaban J connectivity index is 2.45. The van der Waals surface area contributed by atoms with Crippen LogP contribution in [-0.4, -0.2) is 30.8 Å². The van der Waals surface area contributed by atoms with Crippen molar-refractivity contribution in [3.63, 3.8) is 0 Å². The van der Waals surface area contributed by atoms with Crippen molar-refractivity contribution in [3.05, 3.63) is 11.8 Å². The zero-order valence-corrected chi connectivity index (χ0v) is 10.6. The van der Waals surface area contributed by atoms with Gasteiger partial charge in [-0.1, -0.05) is 19.8 Å². The van der Waals surface area contributed by atoms with Gasteiger partial charge in [-0.05, 0) is 19.3 Å². The monoisotopic (exact) mass is 241 g/mol. The number of nitrogens with one attached hydrogen (secondary N) is 1. The molecule has 1 rings (SSSR count). The third-order valence-corrected chi connectivity index (χ3v) is 3.05. The van der Waals surface area contributed by atoms with E-state index in [4.69, 9.17) is 9.84 Å². The second-order valence-corrected chi connectivity index (χ2v) is 4.46. The molecule has 1 aliphatic heterocycles. The Labute approximate surface area is 103 Å². The summed E-state index contributed by atoms with van der Waals surface area (Å²) in [6.45, 7) is 4.49. The Morgan fingerprint density at radius 3 is 2.71 bits per heavy atom. The van der Waals surface area contributed by atoms with E-state index in [1.54, 1.807) is 0 Å². The molecule has 4 heteroatoms. The van der Waals surface area contributed by atoms with Gasteiger partial charge in [-0.3, -0.25) is 0 Å². The maximum absolute atomic E-state index is 10.8. The lowest BCUT2D eigenvalue weighted by atomic mass is 9.96. The number of allylic oxidation sites excluding steroid dienone is 1. The standard InChI is InChI=1S/C13H23NO3/c1-2-3-4-7-14-12(10-13(15)16)11-5-8-17-9-6-11/h10-11,14H,2-9H2,1H3,(H,15,16). The van der Waals surface area contributed by atoms with E-state index in [0.29, 0.717) is 5.92 Å². The largest absolute Gasteiger partial charge is 0.478 e. The van der Waals surface area contributed by atoms with Gasteiger partial charge < -0.3 is 15.2 Å². The molecule has 0 aliphatic carbocycles. The van der Waals surface area contributed by atoms with E-state index in [0.717, 1.165) is 44.7 Å². The van der Waals surface area contributed by atoms with E-state index >= 15 is 0 Å². The van der Waals surface area contributed by atoms with Gasteiger partial charge in [0.2, 0.25) is 0 Å². The molecule has 0 aromatic carbocycles. The van der Waals surface area contributed by atoms with E-state index in [1.807, 2.05) is 0 Å². The first-order valence-corrected chi connectivity index (χ1v) is 6.50. The minimum absolute atomic E-state index is 0.321. The maximum atomic E-state index is 10.8. The lowest BCUT2D eigenvalue weighted by Gasteiger charge is -2.25. The SMILES string of the molecule is CCCCCNC(=CC(=O)O)C1CCOCC1. The van der Waals surface area contributed by atoms with Crippen LogP contribution in [0.5, 0.6) is 0 Å². The molecule has 1 saturated heterocycles. The summed E-state index contributed by atoms with van der Waals surface area (Å²) in [4.78, 5) is 10.8. The molecule has 1 aliphatic rings. The van der Waals surface area contributed by atoms with Gasteiger partial charge in [0.25, 0.3) is 0 Å². The maximum Gasteiger partial charge on any atom is 0.330 e. The van der Waals surface area contributed by atoms with Crippen molar-refractivity contribution in [2.45, 2.75) is 39.0 Å². The van der Waals surface area contributed by atoms with Crippen LogP contribution >= 0.6 is 0 Å². The first-order valence-electron chi connectivity index (χ1n) is 6.50. The average Bonchev–Trinajstić information content (AvgIpc) is 2.34. The third kappa shape index (κ3) is 5.73. The zero-order valence-electron chi connectivity index (χ0n) is 10.6. The fourth-order valence-corrected chi connectivity index (χ4v) is 2.06. The molecular formula is C13H23NO3. The van der Waals surface area contributed by atoms with Crippen molar-refractivity contribution >= 4 is 5.97 Å². The highest BCUT2D eigenvalue weighted by molar-refractivity contribution is 5.80. The van der Waals surface area contributed by atoms with Crippen LogP contribution in [0.4, 0.5) is 0 Å². The van der Waals surface area contributed by atoms with Crippen molar-refractivity contribution < 1.29 is 14.6 Å². The second-order valence-electron chi connectivity index (χ2n) is 4.46. The van der Waals surface area contributed by atoms with Gasteiger partial charge in [-0.15, -0.1) is 0 Å². The van der Waals surface area contributed by atoms with Gasteiger partial charge in [0.1, 0.15) is 0 Å². The van der Waals surface area contributed by atoms with Crippen LogP contribution in [0.2, 0.25) is 0 Å². The van der Waals surface area contributed by atoms with Crippen LogP contribution in [0.25, 0.3) is 0 Å². The number of rotatable bonds is 7. The fourth-order valence-electron chi connectivity index (χ4n) is 2.06. The molecule has 1 heterocycles. The number of carbonyl (C=O) groups is 1. The van der Waals surface area contributed by atoms with Gasteiger partial charge in [-0.25, -0.2) is 4.79 Å². The number of hydrogen-bond donors (Lipinski definition) is 2. The number of ether oxygens (including phenoxy) is 1. The molecule has 0 aromatic heterocycles. The lowest BCUT2D eigenvalue weighted by Crippen LogP contribution is -2.27. The van der Waals surface area contributed by atoms with Gasteiger partial charge in [0, 0.05) is 37.4 Å². The molecule has 98 valence electrons. The normalized spacial score (nSPS) is 18.1. The van der Waals surface area contributed by atoms with Crippen molar-refractivity contribution in [1.82, 2.24) is 5.32 Å². The Bertz CT molecular complexity index is 257. The summed E-state index contributed by atoms with van der Waals surface area (Å²) in [5.74, 6) is -0.545. The fraction of sp³-hybridized carbons (Fsp3) is 0.769. The summed E-state index contributed by atoms with van der Waals surface area (Å²) in [7, 11) is 0. The molecule has 0 amide bonds. The van der Waals surface area contributed by atoms with Crippen LogP contribution in [0.15, 0.2) is 11.8 Å². The van der Waals surface area contributed by atoms with E-state index in [9.17, 15) is 4.79 Å². The predicted molar refractivity (Wildman–Crippen MR) is 66.8 cm³/mol. The first-order chi connectivity index (χ1) is 8.24. The molecule has 0 unspecified atom stereocenters. The van der Waals surface area contributed by atoms with Crippen molar-refractivity contribution in [3.8, 4) is 0 Å². The topological polar surface area (TPSA) is 58.6 Å². The minimum Gasteiger partial charge on any atom is -0.478 e. The van der Waals surface area contributed by atoms with Crippen molar-refractivity contribution in [2.24, 2.45) is 5.92 Å². The van der Waals surface area contributed by atoms with E-state index < -0.39 is 5.97 Å². The van der Waals surface area contributed by atoms with Crippen LogP contribution in [0.3, 0.4) is 0 Å². The van der Waals surface area contributed by atoms with Crippen molar-refractivity contribution in [2.75, 3.05) is 19.8 Å². The van der Waals surface area contributed by atoms with Gasteiger partial charge in [-0.2, -0.15) is 0 Å². The summed E-state index contributed by atoms with van der Waals surface area (Å²) in [6, 6.07) is 0. The minimum atomic E-state index is -0.866. The summed E-state index contributed by atoms with van der Waals surface area (Å²) < 4.78 is 5.30. The van der Waals surface area contributed by atoms with Crippen LogP contribution in [0.1, 0.15) is 39.0 Å². The summed E-state index contributed by atoms with van der Waals surface area (Å²) in [6.07, 6.45) is 6.61. The number of aliphatic carboxylic acids is 1. The third-order valence-electron chi connectivity index (χ3n) is 3.05. The van der Waals surface area contributed by atoms with Gasteiger partial charge in [0.05, 0.1) is 0 Å². The van der Waals surface area contributed by atoms with Crippen LogP contribution < -0.4 is 5.32 Å². The molecule has 0 aromatic rings. The molecule has 0 bridgehead atoms. The Hall–Kier alpha value is -1.03. The Morgan fingerprint density at radius 1 is 1.41 bits per heavy atom. The highest BCUT2D eigenvalue weighted by atomic mass is 16.5. The van der Waals surface area contributed by atoms with E-state index in [-0.39, 0.29) is 0 Å². The van der Waals surface area contributed by atoms with Gasteiger partial charge >= 0.3 is 5.97 Å². The molecule has 17 heavy (non-hydrogen) atoms. The molecule has 1 fully saturated rings.